The smallest absolute Gasteiger partial charge is 0.343 e. The van der Waals surface area contributed by atoms with Gasteiger partial charge >= 0.3 is 11.9 Å². The van der Waals surface area contributed by atoms with Crippen LogP contribution in [0.25, 0.3) is 39.1 Å². The van der Waals surface area contributed by atoms with Crippen LogP contribution in [0.15, 0.2) is 237 Å². The number of ether oxygens (including phenoxy) is 2. The highest BCUT2D eigenvalue weighted by atomic mass is 16.5. The molecule has 6 heterocycles. The van der Waals surface area contributed by atoms with E-state index < -0.39 is 11.9 Å². The molecule has 0 unspecified atom stereocenters. The van der Waals surface area contributed by atoms with E-state index in [2.05, 4.69) is 85.1 Å². The molecule has 11 heteroatoms. The van der Waals surface area contributed by atoms with Crippen LogP contribution in [0.5, 0.6) is 11.5 Å². The minimum Gasteiger partial charge on any atom is -0.423 e. The van der Waals surface area contributed by atoms with Crippen LogP contribution in [0.4, 0.5) is 5.82 Å². The maximum Gasteiger partial charge on any atom is 0.343 e. The van der Waals surface area contributed by atoms with Crippen LogP contribution in [0, 0.1) is 27.7 Å². The summed E-state index contributed by atoms with van der Waals surface area (Å²) >= 11 is 0. The van der Waals surface area contributed by atoms with Crippen LogP contribution in [0.3, 0.4) is 0 Å². The van der Waals surface area contributed by atoms with Gasteiger partial charge in [-0.15, -0.1) is 0 Å². The lowest BCUT2D eigenvalue weighted by Gasteiger charge is -2.13. The topological polar surface area (TPSA) is 149 Å². The van der Waals surface area contributed by atoms with Gasteiger partial charge in [0.25, 0.3) is 0 Å². The van der Waals surface area contributed by atoms with Crippen molar-refractivity contribution in [1.82, 2.24) is 15.0 Å². The number of aliphatic imine (C=N–C) groups is 4. The Hall–Kier alpha value is -10.5. The van der Waals surface area contributed by atoms with Crippen molar-refractivity contribution in [2.75, 3.05) is 0 Å². The van der Waals surface area contributed by atoms with Gasteiger partial charge in [-0.3, -0.25) is 9.98 Å². The molecule has 11 nitrogen and oxygen atoms in total. The maximum atomic E-state index is 13.6. The van der Waals surface area contributed by atoms with Crippen molar-refractivity contribution in [3.63, 3.8) is 0 Å². The summed E-state index contributed by atoms with van der Waals surface area (Å²) in [6.07, 6.45) is 6.21. The minimum atomic E-state index is -0.466. The second-order valence-corrected chi connectivity index (χ2v) is 21.3. The van der Waals surface area contributed by atoms with Gasteiger partial charge in [0.05, 0.1) is 39.6 Å². The molecule has 6 aromatic carbocycles. The normalized spacial score (nSPS) is 15.6. The van der Waals surface area contributed by atoms with Gasteiger partial charge in [0.1, 0.15) is 17.3 Å². The Morgan fingerprint density at radius 2 is 0.880 bits per heavy atom. The highest BCUT2D eigenvalue weighted by Crippen LogP contribution is 2.40. The number of allylic oxidation sites excluding steroid dienone is 5. The third-order valence-electron chi connectivity index (χ3n) is 14.9. The van der Waals surface area contributed by atoms with Crippen LogP contribution in [0.1, 0.15) is 105 Å². The number of benzene rings is 6. The van der Waals surface area contributed by atoms with Crippen LogP contribution in [-0.2, 0) is 0 Å². The molecule has 3 N–H and O–H groups in total. The number of nitrogens with one attached hydrogen (secondary N) is 3. The fourth-order valence-corrected chi connectivity index (χ4v) is 11.0. The Bertz CT molecular complexity index is 4360. The van der Waals surface area contributed by atoms with Crippen molar-refractivity contribution in [1.29, 1.82) is 0 Å². The Morgan fingerprint density at radius 1 is 0.434 bits per heavy atom. The van der Waals surface area contributed by atoms with E-state index in [0.717, 1.165) is 129 Å². The zero-order valence-electron chi connectivity index (χ0n) is 47.4. The second-order valence-electron chi connectivity index (χ2n) is 21.3. The molecule has 3 aliphatic rings. The molecule has 0 atom stereocenters. The number of hydrogen-bond acceptors (Lipinski definition) is 7. The quantitative estimate of drug-likeness (QED) is 0.0778. The third kappa shape index (κ3) is 11.0. The van der Waals surface area contributed by atoms with E-state index in [1.807, 2.05) is 131 Å². The number of amidine groups is 1. The van der Waals surface area contributed by atoms with E-state index in [1.165, 1.54) is 0 Å². The number of H-pyrrole nitrogens is 3. The molecule has 0 aliphatic carbocycles. The van der Waals surface area contributed by atoms with Crippen molar-refractivity contribution in [2.24, 2.45) is 20.0 Å². The molecule has 3 aromatic heterocycles. The highest BCUT2D eigenvalue weighted by molar-refractivity contribution is 6.38. The Kier molecular flexibility index (Phi) is 14.2. The van der Waals surface area contributed by atoms with Crippen LogP contribution in [0.2, 0.25) is 0 Å². The minimum absolute atomic E-state index is 0.404. The zero-order chi connectivity index (χ0) is 57.5. The average molecular weight is 1090 g/mol. The molecule has 12 rings (SSSR count). The number of nitrogens with zero attached hydrogens (tertiary/aromatic N) is 4. The zero-order valence-corrected chi connectivity index (χ0v) is 47.4. The summed E-state index contributed by atoms with van der Waals surface area (Å²) in [5.41, 5.74) is 23.9. The number of carbonyl (C=O) groups is 2. The molecule has 406 valence electrons. The largest absolute Gasteiger partial charge is 0.423 e. The maximum absolute atomic E-state index is 13.6. The molecule has 0 radical (unpaired) electrons. The van der Waals surface area contributed by atoms with E-state index in [4.69, 9.17) is 29.4 Å². The number of hydrogen-bond donors (Lipinski definition) is 3. The summed E-state index contributed by atoms with van der Waals surface area (Å²) in [6.45, 7) is 16.4. The molecule has 0 saturated heterocycles. The van der Waals surface area contributed by atoms with E-state index in [1.54, 1.807) is 48.5 Å². The van der Waals surface area contributed by atoms with E-state index in [0.29, 0.717) is 40.0 Å². The third-order valence-corrected chi connectivity index (χ3v) is 14.9. The van der Waals surface area contributed by atoms with Crippen molar-refractivity contribution in [3.8, 4) is 33.9 Å². The SMILES string of the molecule is CC1=CC(C)=N/C1=C(/c1ccc(C(=O)Oc2ccc(C3=N/C(=N\c4[nH]c(-c5ccc(OC(=O)c6ccc(/C(=C7/N=C(C)C=C7C)c7[nH]c(C)cc7C)cc6)cc5)cc4-c4ccccc4)C(c4ccccc4)=C3)cc2)cc1)c1[nH]c(C)cc1C. The number of carbonyl (C=O) groups excluding carboxylic acids is 2. The molecule has 3 aliphatic heterocycles. The monoisotopic (exact) mass is 1090 g/mol. The standard InChI is InChI=1S/C72H59N7O4/c1-41-35-45(5)73-65(41)63(66-42(2)36-46(6)74-66)53-19-23-55(24-20-53)71(80)82-57-31-27-51(28-32-57)61-39-59(49-15-11-9-12-16-49)69(77-61)79-70-60(50-17-13-10-14-18-50)40-62(78-70)52-29-33-58(34-30-52)83-72(81)56-25-21-54(22-26-56)64(67-43(3)37-47(7)75-67)68-44(4)38-48(8)76-68/h9-40,73,75,77H,1-8H3/b66-63-,68-64-,79-70-. The predicted molar refractivity (Wildman–Crippen MR) is 335 cm³/mol. The van der Waals surface area contributed by atoms with Gasteiger partial charge < -0.3 is 24.4 Å². The lowest BCUT2D eigenvalue weighted by Crippen LogP contribution is -2.09. The first kappa shape index (κ1) is 53.1. The number of aryl methyl sites for hydroxylation is 4. The van der Waals surface area contributed by atoms with Gasteiger partial charge in [-0.1, -0.05) is 84.9 Å². The number of rotatable bonds is 13. The van der Waals surface area contributed by atoms with Gasteiger partial charge in [0.2, 0.25) is 0 Å². The Morgan fingerprint density at radius 3 is 1.31 bits per heavy atom. The lowest BCUT2D eigenvalue weighted by atomic mass is 9.95. The van der Waals surface area contributed by atoms with Crippen LogP contribution < -0.4 is 9.47 Å². The summed E-state index contributed by atoms with van der Waals surface area (Å²) in [5.74, 6) is 1.05. The first-order valence-corrected chi connectivity index (χ1v) is 27.6. The van der Waals surface area contributed by atoms with Gasteiger partial charge in [0.15, 0.2) is 5.84 Å². The molecular formula is C72H59N7O4. The summed E-state index contributed by atoms with van der Waals surface area (Å²) in [5, 5.41) is 0. The summed E-state index contributed by atoms with van der Waals surface area (Å²) in [7, 11) is 0. The summed E-state index contributed by atoms with van der Waals surface area (Å²) in [4.78, 5) is 58.1. The van der Waals surface area contributed by atoms with Gasteiger partial charge in [-0.05, 0) is 215 Å². The Labute approximate surface area is 482 Å². The number of aromatic nitrogens is 3. The van der Waals surface area contributed by atoms with Crippen molar-refractivity contribution in [3.05, 3.63) is 284 Å². The number of esters is 2. The van der Waals surface area contributed by atoms with Crippen molar-refractivity contribution in [2.45, 2.75) is 55.4 Å². The first-order valence-electron chi connectivity index (χ1n) is 27.6. The average Bonchev–Trinajstić information content (AvgIpc) is 4.55. The highest BCUT2D eigenvalue weighted by Gasteiger charge is 2.25. The molecule has 9 aromatic rings. The molecule has 83 heavy (non-hydrogen) atoms. The fourth-order valence-electron chi connectivity index (χ4n) is 11.0. The first-order chi connectivity index (χ1) is 40.2. The van der Waals surface area contributed by atoms with E-state index in [9.17, 15) is 9.59 Å². The summed E-state index contributed by atoms with van der Waals surface area (Å²) < 4.78 is 11.9. The molecule has 0 amide bonds. The second kappa shape index (κ2) is 22.2. The molecule has 0 saturated carbocycles. The molecule has 0 fully saturated rings. The van der Waals surface area contributed by atoms with Gasteiger partial charge in [0, 0.05) is 56.4 Å². The van der Waals surface area contributed by atoms with Crippen molar-refractivity contribution >= 4 is 57.4 Å². The van der Waals surface area contributed by atoms with E-state index in [-0.39, 0.29) is 0 Å². The fraction of sp³-hybridized carbons (Fsp3) is 0.111. The Balaban J connectivity index is 0.780. The number of aromatic amines is 3. The predicted octanol–water partition coefficient (Wildman–Crippen LogP) is 16.7. The summed E-state index contributed by atoms with van der Waals surface area (Å²) in [6, 6.07) is 56.3. The van der Waals surface area contributed by atoms with E-state index >= 15 is 0 Å². The van der Waals surface area contributed by atoms with Crippen LogP contribution >= 0.6 is 0 Å². The van der Waals surface area contributed by atoms with Gasteiger partial charge in [-0.25, -0.2) is 19.6 Å². The van der Waals surface area contributed by atoms with Crippen molar-refractivity contribution < 1.29 is 19.1 Å². The van der Waals surface area contributed by atoms with Crippen LogP contribution in [-0.4, -0.2) is 49.9 Å². The van der Waals surface area contributed by atoms with Gasteiger partial charge in [-0.2, -0.15) is 0 Å². The lowest BCUT2D eigenvalue weighted by molar-refractivity contribution is 0.0725. The molecule has 0 bridgehead atoms. The molecular weight excluding hydrogens is 1030 g/mol. The molecule has 0 spiro atoms.